The summed E-state index contributed by atoms with van der Waals surface area (Å²) >= 11 is 11.7. The van der Waals surface area contributed by atoms with Crippen LogP contribution in [0.1, 0.15) is 35.2 Å². The monoisotopic (exact) mass is 296 g/mol. The molecule has 1 heterocycles. The zero-order valence-corrected chi connectivity index (χ0v) is 11.3. The molecule has 1 saturated carbocycles. The van der Waals surface area contributed by atoms with Gasteiger partial charge in [0.15, 0.2) is 0 Å². The van der Waals surface area contributed by atoms with Crippen molar-refractivity contribution in [1.29, 1.82) is 0 Å². The molecular weight excluding hydrogens is 287 g/mol. The first-order chi connectivity index (χ1) is 9.13. The Balaban J connectivity index is 1.74. The molecule has 7 heteroatoms. The minimum absolute atomic E-state index is 0.132. The van der Waals surface area contributed by atoms with E-state index in [1.54, 1.807) is 18.2 Å². The van der Waals surface area contributed by atoms with Crippen LogP contribution >= 0.6 is 23.2 Å². The molecule has 0 saturated heterocycles. The van der Waals surface area contributed by atoms with E-state index in [2.05, 4.69) is 20.5 Å². The van der Waals surface area contributed by atoms with Crippen LogP contribution in [-0.2, 0) is 0 Å². The average molecular weight is 297 g/mol. The lowest BCUT2D eigenvalue weighted by Crippen LogP contribution is -2.13. The quantitative estimate of drug-likeness (QED) is 0.913. The minimum Gasteiger partial charge on any atom is -0.319 e. The van der Waals surface area contributed by atoms with Crippen LogP contribution in [0.25, 0.3) is 0 Å². The Hall–Kier alpha value is -1.59. The van der Waals surface area contributed by atoms with Gasteiger partial charge in [-0.1, -0.05) is 23.2 Å². The van der Waals surface area contributed by atoms with E-state index in [1.807, 2.05) is 0 Å². The molecule has 98 valence electrons. The van der Waals surface area contributed by atoms with E-state index in [9.17, 15) is 4.79 Å². The van der Waals surface area contributed by atoms with E-state index in [0.717, 1.165) is 18.7 Å². The van der Waals surface area contributed by atoms with Crippen LogP contribution in [0.4, 0.5) is 5.69 Å². The van der Waals surface area contributed by atoms with Crippen molar-refractivity contribution in [3.8, 4) is 0 Å². The number of rotatable bonds is 3. The van der Waals surface area contributed by atoms with Gasteiger partial charge >= 0.3 is 0 Å². The van der Waals surface area contributed by atoms with Gasteiger partial charge in [-0.3, -0.25) is 9.89 Å². The summed E-state index contributed by atoms with van der Waals surface area (Å²) in [5.74, 6) is 0.966. The SMILES string of the molecule is O=C(Nc1ccc(Cl)c(Cl)c1)c1n[nH]c(C2CC2)n1. The standard InChI is InChI=1S/C12H10Cl2N4O/c13-8-4-3-7(5-9(8)14)15-12(19)11-16-10(17-18-11)6-1-2-6/h3-6H,1-2H2,(H,15,19)(H,16,17,18). The van der Waals surface area contributed by atoms with Crippen LogP contribution < -0.4 is 5.32 Å². The highest BCUT2D eigenvalue weighted by molar-refractivity contribution is 6.42. The molecule has 19 heavy (non-hydrogen) atoms. The number of hydrogen-bond donors (Lipinski definition) is 2. The first-order valence-electron chi connectivity index (χ1n) is 5.82. The second kappa shape index (κ2) is 4.83. The second-order valence-electron chi connectivity index (χ2n) is 4.40. The Morgan fingerprint density at radius 3 is 2.79 bits per heavy atom. The molecule has 1 amide bonds. The Kier molecular flexibility index (Phi) is 3.16. The van der Waals surface area contributed by atoms with Crippen LogP contribution in [0.2, 0.25) is 10.0 Å². The highest BCUT2D eigenvalue weighted by Gasteiger charge is 2.28. The van der Waals surface area contributed by atoms with Crippen molar-refractivity contribution < 1.29 is 4.79 Å². The van der Waals surface area contributed by atoms with E-state index in [4.69, 9.17) is 23.2 Å². The number of aromatic nitrogens is 3. The lowest BCUT2D eigenvalue weighted by molar-refractivity contribution is 0.101. The normalized spacial score (nSPS) is 14.4. The van der Waals surface area contributed by atoms with Crippen molar-refractivity contribution in [2.45, 2.75) is 18.8 Å². The predicted octanol–water partition coefficient (Wildman–Crippen LogP) is 3.24. The fourth-order valence-electron chi connectivity index (χ4n) is 1.68. The summed E-state index contributed by atoms with van der Waals surface area (Å²) in [5.41, 5.74) is 0.553. The number of anilines is 1. The van der Waals surface area contributed by atoms with Crippen LogP contribution in [0, 0.1) is 0 Å². The van der Waals surface area contributed by atoms with Crippen LogP contribution in [-0.4, -0.2) is 21.1 Å². The second-order valence-corrected chi connectivity index (χ2v) is 5.22. The Labute approximate surface area is 119 Å². The number of halogens is 2. The lowest BCUT2D eigenvalue weighted by atomic mass is 10.3. The maximum absolute atomic E-state index is 11.9. The van der Waals surface area contributed by atoms with Crippen LogP contribution in [0.5, 0.6) is 0 Å². The number of carbonyl (C=O) groups excluding carboxylic acids is 1. The topological polar surface area (TPSA) is 70.7 Å². The molecule has 0 atom stereocenters. The molecule has 1 fully saturated rings. The molecule has 0 bridgehead atoms. The number of nitrogens with one attached hydrogen (secondary N) is 2. The van der Waals surface area contributed by atoms with Crippen molar-refractivity contribution >= 4 is 34.8 Å². The van der Waals surface area contributed by atoms with Crippen molar-refractivity contribution in [3.05, 3.63) is 39.9 Å². The Morgan fingerprint density at radius 2 is 2.11 bits per heavy atom. The van der Waals surface area contributed by atoms with Crippen LogP contribution in [0.15, 0.2) is 18.2 Å². The fraction of sp³-hybridized carbons (Fsp3) is 0.250. The molecule has 5 nitrogen and oxygen atoms in total. The molecule has 1 aliphatic rings. The third kappa shape index (κ3) is 2.72. The van der Waals surface area contributed by atoms with E-state index < -0.39 is 0 Å². The summed E-state index contributed by atoms with van der Waals surface area (Å²) in [6, 6.07) is 4.86. The number of amides is 1. The summed E-state index contributed by atoms with van der Waals surface area (Å²) in [6.45, 7) is 0. The molecule has 1 aromatic heterocycles. The van der Waals surface area contributed by atoms with Crippen molar-refractivity contribution in [2.24, 2.45) is 0 Å². The maximum atomic E-state index is 11.9. The molecule has 0 radical (unpaired) electrons. The summed E-state index contributed by atoms with van der Waals surface area (Å²) in [7, 11) is 0. The average Bonchev–Trinajstić information content (AvgIpc) is 3.11. The molecule has 3 rings (SSSR count). The summed E-state index contributed by atoms with van der Waals surface area (Å²) in [6.07, 6.45) is 2.20. The van der Waals surface area contributed by atoms with Gasteiger partial charge < -0.3 is 5.32 Å². The van der Waals surface area contributed by atoms with Crippen LogP contribution in [0.3, 0.4) is 0 Å². The van der Waals surface area contributed by atoms with Gasteiger partial charge in [-0.25, -0.2) is 4.98 Å². The highest BCUT2D eigenvalue weighted by atomic mass is 35.5. The van der Waals surface area contributed by atoms with Crippen molar-refractivity contribution in [3.63, 3.8) is 0 Å². The molecule has 2 aromatic rings. The van der Waals surface area contributed by atoms with Crippen molar-refractivity contribution in [2.75, 3.05) is 5.32 Å². The van der Waals surface area contributed by atoms with E-state index in [1.165, 1.54) is 0 Å². The predicted molar refractivity (Wildman–Crippen MR) is 72.8 cm³/mol. The van der Waals surface area contributed by atoms with Gasteiger partial charge in [-0.05, 0) is 31.0 Å². The molecule has 2 N–H and O–H groups in total. The first kappa shape index (κ1) is 12.4. The molecule has 0 unspecified atom stereocenters. The molecule has 1 aromatic carbocycles. The zero-order valence-electron chi connectivity index (χ0n) is 9.78. The third-order valence-corrected chi connectivity index (χ3v) is 3.59. The smallest absolute Gasteiger partial charge is 0.295 e. The summed E-state index contributed by atoms with van der Waals surface area (Å²) < 4.78 is 0. The molecular formula is C12H10Cl2N4O. The number of aromatic amines is 1. The summed E-state index contributed by atoms with van der Waals surface area (Å²) in [5, 5.41) is 10.2. The number of H-pyrrole nitrogens is 1. The van der Waals surface area contributed by atoms with Gasteiger partial charge in [0.2, 0.25) is 5.82 Å². The van der Waals surface area contributed by atoms with Gasteiger partial charge in [-0.2, -0.15) is 0 Å². The Morgan fingerprint density at radius 1 is 1.32 bits per heavy atom. The first-order valence-corrected chi connectivity index (χ1v) is 6.58. The largest absolute Gasteiger partial charge is 0.319 e. The molecule has 0 spiro atoms. The minimum atomic E-state index is -0.374. The number of benzene rings is 1. The van der Waals surface area contributed by atoms with Gasteiger partial charge in [0.1, 0.15) is 5.82 Å². The van der Waals surface area contributed by atoms with Gasteiger partial charge in [0.05, 0.1) is 10.0 Å². The van der Waals surface area contributed by atoms with Gasteiger partial charge in [0, 0.05) is 11.6 Å². The lowest BCUT2D eigenvalue weighted by Gasteiger charge is -2.03. The summed E-state index contributed by atoms with van der Waals surface area (Å²) in [4.78, 5) is 16.1. The third-order valence-electron chi connectivity index (χ3n) is 2.85. The zero-order chi connectivity index (χ0) is 13.4. The molecule has 1 aliphatic carbocycles. The maximum Gasteiger partial charge on any atom is 0.295 e. The highest BCUT2D eigenvalue weighted by Crippen LogP contribution is 2.37. The van der Waals surface area contributed by atoms with E-state index in [-0.39, 0.29) is 11.7 Å². The van der Waals surface area contributed by atoms with Gasteiger partial charge in [-0.15, -0.1) is 5.10 Å². The molecule has 0 aliphatic heterocycles. The van der Waals surface area contributed by atoms with Gasteiger partial charge in [0.25, 0.3) is 5.91 Å². The van der Waals surface area contributed by atoms with E-state index in [0.29, 0.717) is 21.7 Å². The Bertz CT molecular complexity index is 636. The van der Waals surface area contributed by atoms with E-state index >= 15 is 0 Å². The number of carbonyl (C=O) groups is 1. The number of hydrogen-bond acceptors (Lipinski definition) is 3. The fourth-order valence-corrected chi connectivity index (χ4v) is 1.97. The number of nitrogens with zero attached hydrogens (tertiary/aromatic N) is 2. The van der Waals surface area contributed by atoms with Crippen molar-refractivity contribution in [1.82, 2.24) is 15.2 Å².